The van der Waals surface area contributed by atoms with Gasteiger partial charge < -0.3 is 19.9 Å². The molecule has 2 N–H and O–H groups in total. The molecule has 1 atom stereocenters. The van der Waals surface area contributed by atoms with Crippen molar-refractivity contribution >= 4 is 0 Å². The van der Waals surface area contributed by atoms with Crippen LogP contribution in [0.2, 0.25) is 0 Å². The van der Waals surface area contributed by atoms with E-state index in [-0.39, 0.29) is 6.04 Å². The van der Waals surface area contributed by atoms with Crippen LogP contribution in [0.3, 0.4) is 0 Å². The molecular weight excluding hydrogens is 242 g/mol. The molecule has 1 aromatic rings. The van der Waals surface area contributed by atoms with Gasteiger partial charge >= 0.3 is 0 Å². The Morgan fingerprint density at radius 1 is 1.00 bits per heavy atom. The number of nitrogens with two attached hydrogens (primary N) is 1. The fourth-order valence-corrected chi connectivity index (χ4v) is 1.82. The Balaban J connectivity index is 2.75. The predicted octanol–water partition coefficient (Wildman–Crippen LogP) is 2.91. The van der Waals surface area contributed by atoms with Gasteiger partial charge in [-0.15, -0.1) is 0 Å². The van der Waals surface area contributed by atoms with Gasteiger partial charge in [-0.1, -0.05) is 6.07 Å². The second-order valence-corrected chi connectivity index (χ2v) is 4.16. The summed E-state index contributed by atoms with van der Waals surface area (Å²) in [7, 11) is 0. The number of rotatable bonds is 9. The molecule has 19 heavy (non-hydrogen) atoms. The maximum absolute atomic E-state index is 6.15. The molecule has 1 aromatic carbocycles. The third-order valence-electron chi connectivity index (χ3n) is 2.77. The maximum atomic E-state index is 6.15. The highest BCUT2D eigenvalue weighted by atomic mass is 16.5. The molecule has 0 aliphatic rings. The van der Waals surface area contributed by atoms with E-state index in [2.05, 4.69) is 0 Å². The van der Waals surface area contributed by atoms with Crippen LogP contribution in [-0.4, -0.2) is 26.4 Å². The van der Waals surface area contributed by atoms with E-state index >= 15 is 0 Å². The van der Waals surface area contributed by atoms with Crippen molar-refractivity contribution < 1.29 is 14.2 Å². The minimum Gasteiger partial charge on any atom is -0.490 e. The van der Waals surface area contributed by atoms with Gasteiger partial charge in [-0.05, 0) is 44.9 Å². The zero-order chi connectivity index (χ0) is 14.1. The highest BCUT2D eigenvalue weighted by Crippen LogP contribution is 2.30. The summed E-state index contributed by atoms with van der Waals surface area (Å²) in [6.45, 7) is 8.52. The molecule has 0 aliphatic heterocycles. The van der Waals surface area contributed by atoms with Crippen LogP contribution in [0.5, 0.6) is 11.5 Å². The van der Waals surface area contributed by atoms with Crippen LogP contribution < -0.4 is 15.2 Å². The largest absolute Gasteiger partial charge is 0.490 e. The van der Waals surface area contributed by atoms with E-state index < -0.39 is 0 Å². The number of hydrogen-bond donors (Lipinski definition) is 1. The topological polar surface area (TPSA) is 53.7 Å². The number of benzene rings is 1. The lowest BCUT2D eigenvalue weighted by atomic mass is 10.0. The average molecular weight is 267 g/mol. The molecule has 0 amide bonds. The standard InChI is InChI=1S/C15H25NO3/c1-4-17-10-9-13(16)12-7-8-14(18-5-2)15(11-12)19-6-3/h7-8,11,13H,4-6,9-10,16H2,1-3H3. The molecular formula is C15H25NO3. The van der Waals surface area contributed by atoms with Crippen molar-refractivity contribution in [2.45, 2.75) is 33.2 Å². The van der Waals surface area contributed by atoms with Crippen LogP contribution in [0.1, 0.15) is 38.8 Å². The minimum atomic E-state index is -0.0403. The first kappa shape index (κ1) is 15.8. The summed E-state index contributed by atoms with van der Waals surface area (Å²) in [5.74, 6) is 1.53. The lowest BCUT2D eigenvalue weighted by Crippen LogP contribution is -2.13. The highest BCUT2D eigenvalue weighted by Gasteiger charge is 2.11. The molecule has 0 aliphatic carbocycles. The highest BCUT2D eigenvalue weighted by molar-refractivity contribution is 5.43. The second-order valence-electron chi connectivity index (χ2n) is 4.16. The molecule has 1 unspecified atom stereocenters. The monoisotopic (exact) mass is 267 g/mol. The fourth-order valence-electron chi connectivity index (χ4n) is 1.82. The van der Waals surface area contributed by atoms with Crippen LogP contribution in [0.4, 0.5) is 0 Å². The summed E-state index contributed by atoms with van der Waals surface area (Å²) in [6.07, 6.45) is 0.799. The Morgan fingerprint density at radius 2 is 1.68 bits per heavy atom. The lowest BCUT2D eigenvalue weighted by molar-refractivity contribution is 0.140. The molecule has 0 saturated carbocycles. The van der Waals surface area contributed by atoms with Crippen LogP contribution >= 0.6 is 0 Å². The molecule has 108 valence electrons. The molecule has 4 heteroatoms. The van der Waals surface area contributed by atoms with Crippen LogP contribution in [0, 0.1) is 0 Å². The summed E-state index contributed by atoms with van der Waals surface area (Å²) < 4.78 is 16.5. The number of hydrogen-bond acceptors (Lipinski definition) is 4. The summed E-state index contributed by atoms with van der Waals surface area (Å²) in [5, 5.41) is 0. The maximum Gasteiger partial charge on any atom is 0.161 e. The molecule has 0 aromatic heterocycles. The first-order valence-electron chi connectivity index (χ1n) is 6.95. The molecule has 1 rings (SSSR count). The normalized spacial score (nSPS) is 12.2. The van der Waals surface area contributed by atoms with Crippen molar-refractivity contribution in [3.05, 3.63) is 23.8 Å². The Bertz CT molecular complexity index is 368. The Hall–Kier alpha value is -1.26. The van der Waals surface area contributed by atoms with Crippen LogP contribution in [0.15, 0.2) is 18.2 Å². The van der Waals surface area contributed by atoms with Gasteiger partial charge in [0.15, 0.2) is 11.5 Å². The fraction of sp³-hybridized carbons (Fsp3) is 0.600. The van der Waals surface area contributed by atoms with E-state index in [1.54, 1.807) is 0 Å². The zero-order valence-corrected chi connectivity index (χ0v) is 12.1. The second kappa shape index (κ2) is 8.77. The third-order valence-corrected chi connectivity index (χ3v) is 2.77. The molecule has 0 heterocycles. The van der Waals surface area contributed by atoms with E-state index in [0.29, 0.717) is 19.8 Å². The molecule has 0 fully saturated rings. The van der Waals surface area contributed by atoms with Crippen LogP contribution in [0.25, 0.3) is 0 Å². The van der Waals surface area contributed by atoms with Crippen molar-refractivity contribution in [1.29, 1.82) is 0 Å². The summed E-state index contributed by atoms with van der Waals surface area (Å²) in [6, 6.07) is 5.83. The summed E-state index contributed by atoms with van der Waals surface area (Å²) in [4.78, 5) is 0. The van der Waals surface area contributed by atoms with Gasteiger partial charge in [0.1, 0.15) is 0 Å². The SMILES string of the molecule is CCOCCC(N)c1ccc(OCC)c(OCC)c1. The van der Waals surface area contributed by atoms with Crippen molar-refractivity contribution in [3.8, 4) is 11.5 Å². The van der Waals surface area contributed by atoms with Gasteiger partial charge in [0, 0.05) is 19.3 Å². The molecule has 4 nitrogen and oxygen atoms in total. The van der Waals surface area contributed by atoms with Crippen molar-refractivity contribution in [1.82, 2.24) is 0 Å². The quantitative estimate of drug-likeness (QED) is 0.699. The molecule has 0 bridgehead atoms. The first-order chi connectivity index (χ1) is 9.22. The molecule has 0 saturated heterocycles. The van der Waals surface area contributed by atoms with Crippen molar-refractivity contribution in [2.24, 2.45) is 5.73 Å². The average Bonchev–Trinajstić information content (AvgIpc) is 2.41. The summed E-state index contributed by atoms with van der Waals surface area (Å²) >= 11 is 0. The van der Waals surface area contributed by atoms with E-state index in [4.69, 9.17) is 19.9 Å². The first-order valence-corrected chi connectivity index (χ1v) is 6.95. The van der Waals surface area contributed by atoms with E-state index in [0.717, 1.165) is 30.1 Å². The van der Waals surface area contributed by atoms with Gasteiger partial charge in [-0.2, -0.15) is 0 Å². The van der Waals surface area contributed by atoms with E-state index in [1.165, 1.54) is 0 Å². The Labute approximate surface area is 115 Å². The van der Waals surface area contributed by atoms with Crippen molar-refractivity contribution in [2.75, 3.05) is 26.4 Å². The van der Waals surface area contributed by atoms with Gasteiger partial charge in [-0.3, -0.25) is 0 Å². The zero-order valence-electron chi connectivity index (χ0n) is 12.1. The van der Waals surface area contributed by atoms with Gasteiger partial charge in [0.05, 0.1) is 13.2 Å². The summed E-state index contributed by atoms with van der Waals surface area (Å²) in [5.41, 5.74) is 7.20. The van der Waals surface area contributed by atoms with E-state index in [1.807, 2.05) is 39.0 Å². The third kappa shape index (κ3) is 5.09. The lowest BCUT2D eigenvalue weighted by Gasteiger charge is -2.16. The predicted molar refractivity (Wildman–Crippen MR) is 76.8 cm³/mol. The van der Waals surface area contributed by atoms with Gasteiger partial charge in [0.25, 0.3) is 0 Å². The van der Waals surface area contributed by atoms with Gasteiger partial charge in [-0.25, -0.2) is 0 Å². The minimum absolute atomic E-state index is 0.0403. The Morgan fingerprint density at radius 3 is 2.32 bits per heavy atom. The smallest absolute Gasteiger partial charge is 0.161 e. The van der Waals surface area contributed by atoms with Crippen molar-refractivity contribution in [3.63, 3.8) is 0 Å². The molecule has 0 radical (unpaired) electrons. The van der Waals surface area contributed by atoms with Crippen LogP contribution in [-0.2, 0) is 4.74 Å². The van der Waals surface area contributed by atoms with Gasteiger partial charge in [0.2, 0.25) is 0 Å². The molecule has 0 spiro atoms. The Kier molecular flexibility index (Phi) is 7.30. The van der Waals surface area contributed by atoms with E-state index in [9.17, 15) is 0 Å². The number of ether oxygens (including phenoxy) is 3.